The van der Waals surface area contributed by atoms with E-state index >= 15 is 0 Å². The minimum Gasteiger partial charge on any atom is -0.242 e. The van der Waals surface area contributed by atoms with E-state index in [1.54, 1.807) is 27.8 Å². The summed E-state index contributed by atoms with van der Waals surface area (Å²) in [6.07, 6.45) is -2.93. The molecule has 1 fully saturated rings. The second kappa shape index (κ2) is 7.42. The number of alkyl halides is 3. The van der Waals surface area contributed by atoms with Crippen molar-refractivity contribution in [2.75, 3.05) is 7.05 Å². The first-order chi connectivity index (χ1) is 13.4. The van der Waals surface area contributed by atoms with Gasteiger partial charge in [-0.1, -0.05) is 11.3 Å². The van der Waals surface area contributed by atoms with Crippen LogP contribution in [0.4, 0.5) is 17.6 Å². The predicted octanol–water partition coefficient (Wildman–Crippen LogP) is 3.36. The summed E-state index contributed by atoms with van der Waals surface area (Å²) in [6, 6.07) is 2.73. The highest BCUT2D eigenvalue weighted by Crippen LogP contribution is 2.55. The van der Waals surface area contributed by atoms with Gasteiger partial charge in [0, 0.05) is 11.6 Å². The largest absolute Gasteiger partial charge is 0.413 e. The summed E-state index contributed by atoms with van der Waals surface area (Å²) in [5, 5.41) is 7.78. The van der Waals surface area contributed by atoms with Gasteiger partial charge in [-0.05, 0) is 58.7 Å². The molecule has 1 unspecified atom stereocenters. The van der Waals surface area contributed by atoms with Crippen molar-refractivity contribution >= 4 is 11.0 Å². The third-order valence-electron chi connectivity index (χ3n) is 5.41. The van der Waals surface area contributed by atoms with Crippen LogP contribution < -0.4 is 4.72 Å². The Kier molecular flexibility index (Phi) is 5.59. The van der Waals surface area contributed by atoms with Crippen LogP contribution in [0.15, 0.2) is 18.3 Å². The van der Waals surface area contributed by atoms with Crippen molar-refractivity contribution in [2.45, 2.75) is 62.4 Å². The monoisotopic (exact) mass is 433 g/mol. The summed E-state index contributed by atoms with van der Waals surface area (Å²) in [5.41, 5.74) is -0.704. The van der Waals surface area contributed by atoms with Crippen molar-refractivity contribution in [3.05, 3.63) is 41.2 Å². The Morgan fingerprint density at radius 1 is 1.31 bits per heavy atom. The Hall–Kier alpha value is -1.88. The van der Waals surface area contributed by atoms with Gasteiger partial charge in [0.15, 0.2) is 5.54 Å². The summed E-state index contributed by atoms with van der Waals surface area (Å²) in [7, 11) is 0.156. The van der Waals surface area contributed by atoms with Crippen LogP contribution in [0.3, 0.4) is 0 Å². The molecule has 160 valence electrons. The number of halogens is 4. The molecule has 1 saturated carbocycles. The third kappa shape index (κ3) is 4.07. The molecule has 0 bridgehead atoms. The van der Waals surface area contributed by atoms with Crippen LogP contribution >= 0.6 is 0 Å². The molecule has 29 heavy (non-hydrogen) atoms. The van der Waals surface area contributed by atoms with Gasteiger partial charge in [0.05, 0.1) is 27.6 Å². The van der Waals surface area contributed by atoms with Crippen molar-refractivity contribution in [3.8, 4) is 0 Å². The smallest absolute Gasteiger partial charge is 0.242 e. The summed E-state index contributed by atoms with van der Waals surface area (Å²) < 4.78 is 69.1. The molecule has 2 heterocycles. The molecule has 2 aromatic rings. The summed E-state index contributed by atoms with van der Waals surface area (Å²) in [5.74, 6) is -1.20. The first kappa shape index (κ1) is 21.8. The van der Waals surface area contributed by atoms with E-state index in [1.807, 2.05) is 0 Å². The molecular formula is C18H23F4N5OS. The van der Waals surface area contributed by atoms with E-state index < -0.39 is 39.3 Å². The Morgan fingerprint density at radius 3 is 2.48 bits per heavy atom. The maximum Gasteiger partial charge on any atom is 0.413 e. The number of aryl methyl sites for hydroxylation is 1. The minimum atomic E-state index is -4.42. The van der Waals surface area contributed by atoms with Gasteiger partial charge in [-0.25, -0.2) is 18.6 Å². The molecule has 11 heteroatoms. The molecular weight excluding hydrogens is 410 g/mol. The van der Waals surface area contributed by atoms with Crippen LogP contribution in [-0.2, 0) is 16.5 Å². The second-order valence-corrected chi connectivity index (χ2v) is 9.97. The topological polar surface area (TPSA) is 72.7 Å². The fourth-order valence-corrected chi connectivity index (χ4v) is 4.40. The van der Waals surface area contributed by atoms with Gasteiger partial charge in [-0.2, -0.15) is 17.6 Å². The zero-order valence-electron chi connectivity index (χ0n) is 16.5. The van der Waals surface area contributed by atoms with Gasteiger partial charge in [0.2, 0.25) is 5.95 Å². The maximum atomic E-state index is 13.5. The van der Waals surface area contributed by atoms with E-state index in [2.05, 4.69) is 20.0 Å². The summed E-state index contributed by atoms with van der Waals surface area (Å²) >= 11 is 0. The number of nitrogens with one attached hydrogen (secondary N) is 1. The Morgan fingerprint density at radius 2 is 1.97 bits per heavy atom. The zero-order chi connectivity index (χ0) is 21.6. The highest BCUT2D eigenvalue weighted by Gasteiger charge is 2.66. The molecule has 2 aromatic heterocycles. The quantitative estimate of drug-likeness (QED) is 0.537. The molecule has 0 spiro atoms. The first-order valence-electron chi connectivity index (χ1n) is 9.13. The first-order valence-corrected chi connectivity index (χ1v) is 10.3. The van der Waals surface area contributed by atoms with E-state index in [0.29, 0.717) is 17.0 Å². The lowest BCUT2D eigenvalue weighted by atomic mass is 9.87. The Bertz CT molecular complexity index is 923. The number of nitrogens with zero attached hydrogens (tertiary/aromatic N) is 4. The molecule has 2 atom stereocenters. The number of hydrogen-bond donors (Lipinski definition) is 1. The molecule has 6 nitrogen and oxygen atoms in total. The fraction of sp³-hybridized carbons (Fsp3) is 0.611. The maximum absolute atomic E-state index is 13.5. The SMILES string of the molecule is CNS(=O)C(C)(C)C[C@H](c1cn(C2(C(F)(F)F)CC2)nn1)c1ccc(F)nc1C. The predicted molar refractivity (Wildman–Crippen MR) is 100.0 cm³/mol. The average molecular weight is 433 g/mol. The summed E-state index contributed by atoms with van der Waals surface area (Å²) in [6.45, 7) is 5.18. The molecule has 1 aliphatic rings. The summed E-state index contributed by atoms with van der Waals surface area (Å²) in [4.78, 5) is 3.83. The Labute approximate surface area is 168 Å². The number of hydrogen-bond acceptors (Lipinski definition) is 4. The molecule has 1 N–H and O–H groups in total. The van der Waals surface area contributed by atoms with E-state index in [-0.39, 0.29) is 19.3 Å². The van der Waals surface area contributed by atoms with E-state index in [0.717, 1.165) is 4.68 Å². The molecule has 0 saturated heterocycles. The van der Waals surface area contributed by atoms with E-state index in [4.69, 9.17) is 0 Å². The number of aromatic nitrogens is 4. The van der Waals surface area contributed by atoms with Gasteiger partial charge in [-0.15, -0.1) is 5.10 Å². The Balaban J connectivity index is 2.04. The van der Waals surface area contributed by atoms with Crippen LogP contribution in [0.1, 0.15) is 56.0 Å². The van der Waals surface area contributed by atoms with Gasteiger partial charge >= 0.3 is 6.18 Å². The van der Waals surface area contributed by atoms with Crippen LogP contribution in [-0.4, -0.2) is 42.2 Å². The van der Waals surface area contributed by atoms with Crippen LogP contribution in [0.2, 0.25) is 0 Å². The van der Waals surface area contributed by atoms with E-state index in [9.17, 15) is 21.8 Å². The highest BCUT2D eigenvalue weighted by atomic mass is 32.2. The van der Waals surface area contributed by atoms with Gasteiger partial charge in [-0.3, -0.25) is 0 Å². The fourth-order valence-electron chi connectivity index (χ4n) is 3.53. The van der Waals surface area contributed by atoms with E-state index in [1.165, 1.54) is 18.3 Å². The molecule has 0 radical (unpaired) electrons. The lowest BCUT2D eigenvalue weighted by molar-refractivity contribution is -0.182. The second-order valence-electron chi connectivity index (χ2n) is 7.92. The number of pyridine rings is 1. The molecule has 0 aliphatic heterocycles. The molecule has 0 aromatic carbocycles. The zero-order valence-corrected chi connectivity index (χ0v) is 17.4. The van der Waals surface area contributed by atoms with Crippen LogP contribution in [0.5, 0.6) is 0 Å². The van der Waals surface area contributed by atoms with Gasteiger partial charge in [0.1, 0.15) is 0 Å². The van der Waals surface area contributed by atoms with Crippen molar-refractivity contribution in [1.29, 1.82) is 0 Å². The highest BCUT2D eigenvalue weighted by molar-refractivity contribution is 7.84. The van der Waals surface area contributed by atoms with Crippen molar-refractivity contribution in [1.82, 2.24) is 24.7 Å². The molecule has 0 amide bonds. The lowest BCUT2D eigenvalue weighted by Gasteiger charge is -2.28. The normalized spacial score (nSPS) is 18.5. The standard InChI is InChI=1S/C18H23F4N5OS/c1-11-12(5-6-15(19)24-11)13(9-16(2,3)29(28)23-4)14-10-27(26-25-14)17(7-8-17)18(20,21)22/h5-6,10,13,23H,7-9H2,1-4H3/t13-,29?/m0/s1. The van der Waals surface area contributed by atoms with Gasteiger partial charge in [0.25, 0.3) is 0 Å². The van der Waals surface area contributed by atoms with Crippen LogP contribution in [0.25, 0.3) is 0 Å². The molecule has 1 aliphatic carbocycles. The van der Waals surface area contributed by atoms with Crippen molar-refractivity contribution < 1.29 is 21.8 Å². The minimum absolute atomic E-state index is 0.0453. The van der Waals surface area contributed by atoms with Crippen molar-refractivity contribution in [3.63, 3.8) is 0 Å². The third-order valence-corrected chi connectivity index (χ3v) is 6.95. The van der Waals surface area contributed by atoms with Crippen molar-refractivity contribution in [2.24, 2.45) is 0 Å². The van der Waals surface area contributed by atoms with Crippen LogP contribution in [0, 0.1) is 12.9 Å². The average Bonchev–Trinajstić information content (AvgIpc) is 3.31. The lowest BCUT2D eigenvalue weighted by Crippen LogP contribution is -2.36. The number of rotatable bonds is 7. The molecule has 3 rings (SSSR count). The van der Waals surface area contributed by atoms with Gasteiger partial charge < -0.3 is 0 Å².